The fraction of sp³-hybridized carbons (Fsp3) is 0.333. The molecule has 0 aliphatic heterocycles. The van der Waals surface area contributed by atoms with Crippen LogP contribution in [-0.4, -0.2) is 22.7 Å². The quantitative estimate of drug-likeness (QED) is 0.845. The van der Waals surface area contributed by atoms with Crippen molar-refractivity contribution in [1.29, 1.82) is 0 Å². The van der Waals surface area contributed by atoms with E-state index < -0.39 is 0 Å². The molecule has 0 spiro atoms. The minimum absolute atomic E-state index is 0.0452. The minimum atomic E-state index is -0.0452. The molecule has 1 aromatic heterocycles. The second kappa shape index (κ2) is 5.69. The van der Waals surface area contributed by atoms with E-state index in [9.17, 15) is 4.79 Å². The van der Waals surface area contributed by atoms with Crippen LogP contribution in [0.1, 0.15) is 30.0 Å². The molecule has 0 radical (unpaired) electrons. The number of aromatic nitrogens is 2. The van der Waals surface area contributed by atoms with Gasteiger partial charge in [-0.25, -0.2) is 4.68 Å². The molecule has 0 bridgehead atoms. The third-order valence-corrected chi connectivity index (χ3v) is 3.09. The molecule has 0 saturated carbocycles. The molecule has 100 valence electrons. The second-order valence-electron chi connectivity index (χ2n) is 4.60. The van der Waals surface area contributed by atoms with Crippen LogP contribution in [0.15, 0.2) is 36.4 Å². The summed E-state index contributed by atoms with van der Waals surface area (Å²) in [4.78, 5) is 13.7. The lowest BCUT2D eigenvalue weighted by molar-refractivity contribution is 0.0917. The van der Waals surface area contributed by atoms with Gasteiger partial charge in [-0.15, -0.1) is 0 Å². The van der Waals surface area contributed by atoms with Gasteiger partial charge in [-0.05, 0) is 24.6 Å². The van der Waals surface area contributed by atoms with Crippen molar-refractivity contribution >= 4 is 11.6 Å². The fourth-order valence-corrected chi connectivity index (χ4v) is 2.05. The van der Waals surface area contributed by atoms with E-state index >= 15 is 0 Å². The average Bonchev–Trinajstić information content (AvgIpc) is 2.83. The molecular formula is C15H19N3O. The molecule has 2 aromatic rings. The minimum Gasteiger partial charge on any atom is -0.369 e. The van der Waals surface area contributed by atoms with Crippen molar-refractivity contribution in [2.24, 2.45) is 0 Å². The Morgan fingerprint density at radius 2 is 2.00 bits per heavy atom. The summed E-state index contributed by atoms with van der Waals surface area (Å²) in [6.07, 6.45) is 0.836. The van der Waals surface area contributed by atoms with Crippen molar-refractivity contribution in [3.63, 3.8) is 0 Å². The Bertz CT molecular complexity index is 560. The number of aryl methyl sites for hydroxylation is 1. The van der Waals surface area contributed by atoms with Crippen LogP contribution < -0.4 is 4.90 Å². The SMILES string of the molecule is CCc1cc(CN(C)c2ccccc2)n(C(C)=O)n1. The normalized spacial score (nSPS) is 10.5. The number of hydrogen-bond donors (Lipinski definition) is 0. The highest BCUT2D eigenvalue weighted by Crippen LogP contribution is 2.15. The summed E-state index contributed by atoms with van der Waals surface area (Å²) in [7, 11) is 2.01. The molecule has 19 heavy (non-hydrogen) atoms. The largest absolute Gasteiger partial charge is 0.369 e. The van der Waals surface area contributed by atoms with Crippen molar-refractivity contribution < 1.29 is 4.79 Å². The smallest absolute Gasteiger partial charge is 0.244 e. The third kappa shape index (κ3) is 3.02. The number of nitrogens with zero attached hydrogens (tertiary/aromatic N) is 3. The molecule has 0 N–H and O–H groups in total. The second-order valence-corrected chi connectivity index (χ2v) is 4.60. The standard InChI is InChI=1S/C15H19N3O/c1-4-13-10-15(18(16-13)12(2)19)11-17(3)14-8-6-5-7-9-14/h5-10H,4,11H2,1-3H3. The van der Waals surface area contributed by atoms with Gasteiger partial charge in [0, 0.05) is 19.7 Å². The number of benzene rings is 1. The number of carbonyl (C=O) groups is 1. The number of anilines is 1. The van der Waals surface area contributed by atoms with Gasteiger partial charge in [0.1, 0.15) is 0 Å². The van der Waals surface area contributed by atoms with Crippen LogP contribution in [0.25, 0.3) is 0 Å². The molecule has 0 aliphatic rings. The predicted molar refractivity (Wildman–Crippen MR) is 76.5 cm³/mol. The summed E-state index contributed by atoms with van der Waals surface area (Å²) in [6, 6.07) is 12.1. The zero-order valence-corrected chi connectivity index (χ0v) is 11.6. The van der Waals surface area contributed by atoms with E-state index in [-0.39, 0.29) is 5.91 Å². The monoisotopic (exact) mass is 257 g/mol. The van der Waals surface area contributed by atoms with Gasteiger partial charge in [0.15, 0.2) is 0 Å². The first-order valence-electron chi connectivity index (χ1n) is 6.46. The number of rotatable bonds is 4. The Kier molecular flexibility index (Phi) is 4.00. The molecule has 2 rings (SSSR count). The van der Waals surface area contributed by atoms with Crippen molar-refractivity contribution in [2.75, 3.05) is 11.9 Å². The maximum absolute atomic E-state index is 11.6. The summed E-state index contributed by atoms with van der Waals surface area (Å²) in [6.45, 7) is 4.24. The van der Waals surface area contributed by atoms with E-state index in [4.69, 9.17) is 0 Å². The highest BCUT2D eigenvalue weighted by molar-refractivity contribution is 5.76. The van der Waals surface area contributed by atoms with Crippen molar-refractivity contribution in [3.05, 3.63) is 47.8 Å². The molecule has 0 unspecified atom stereocenters. The van der Waals surface area contributed by atoms with Crippen LogP contribution >= 0.6 is 0 Å². The molecule has 0 amide bonds. The zero-order valence-electron chi connectivity index (χ0n) is 11.6. The summed E-state index contributed by atoms with van der Waals surface area (Å²) in [5.74, 6) is -0.0452. The molecule has 0 saturated heterocycles. The average molecular weight is 257 g/mol. The lowest BCUT2D eigenvalue weighted by Crippen LogP contribution is -2.21. The molecule has 4 heteroatoms. The molecular weight excluding hydrogens is 238 g/mol. The van der Waals surface area contributed by atoms with E-state index in [1.54, 1.807) is 6.92 Å². The maximum Gasteiger partial charge on any atom is 0.244 e. The molecule has 1 heterocycles. The van der Waals surface area contributed by atoms with Crippen molar-refractivity contribution in [2.45, 2.75) is 26.8 Å². The number of para-hydroxylation sites is 1. The van der Waals surface area contributed by atoms with Crippen LogP contribution in [0.2, 0.25) is 0 Å². The Morgan fingerprint density at radius 1 is 1.32 bits per heavy atom. The number of hydrogen-bond acceptors (Lipinski definition) is 3. The van der Waals surface area contributed by atoms with Crippen LogP contribution in [0.3, 0.4) is 0 Å². The van der Waals surface area contributed by atoms with Gasteiger partial charge in [0.25, 0.3) is 0 Å². The topological polar surface area (TPSA) is 38.1 Å². The predicted octanol–water partition coefficient (Wildman–Crippen LogP) is 2.74. The van der Waals surface area contributed by atoms with E-state index in [0.29, 0.717) is 6.54 Å². The first kappa shape index (κ1) is 13.3. The summed E-state index contributed by atoms with van der Waals surface area (Å²) < 4.78 is 1.50. The highest BCUT2D eigenvalue weighted by Gasteiger charge is 2.12. The third-order valence-electron chi connectivity index (χ3n) is 3.09. The van der Waals surface area contributed by atoms with Crippen LogP contribution in [0.5, 0.6) is 0 Å². The van der Waals surface area contributed by atoms with Gasteiger partial charge in [0.05, 0.1) is 17.9 Å². The van der Waals surface area contributed by atoms with Crippen molar-refractivity contribution in [1.82, 2.24) is 9.78 Å². The Balaban J connectivity index is 2.23. The summed E-state index contributed by atoms with van der Waals surface area (Å²) in [5.41, 5.74) is 3.00. The lowest BCUT2D eigenvalue weighted by Gasteiger charge is -2.19. The zero-order chi connectivity index (χ0) is 13.8. The van der Waals surface area contributed by atoms with Gasteiger partial charge >= 0.3 is 0 Å². The van der Waals surface area contributed by atoms with Crippen LogP contribution in [0.4, 0.5) is 5.69 Å². The Hall–Kier alpha value is -2.10. The summed E-state index contributed by atoms with van der Waals surface area (Å²) in [5, 5.41) is 4.32. The maximum atomic E-state index is 11.6. The van der Waals surface area contributed by atoms with Crippen LogP contribution in [0, 0.1) is 0 Å². The Labute approximate surface area is 113 Å². The Morgan fingerprint density at radius 3 is 2.58 bits per heavy atom. The van der Waals surface area contributed by atoms with E-state index in [0.717, 1.165) is 23.5 Å². The molecule has 0 atom stereocenters. The van der Waals surface area contributed by atoms with E-state index in [1.165, 1.54) is 4.68 Å². The van der Waals surface area contributed by atoms with Gasteiger partial charge in [0.2, 0.25) is 5.91 Å². The van der Waals surface area contributed by atoms with Gasteiger partial charge in [-0.1, -0.05) is 25.1 Å². The summed E-state index contributed by atoms with van der Waals surface area (Å²) >= 11 is 0. The lowest BCUT2D eigenvalue weighted by atomic mass is 10.2. The van der Waals surface area contributed by atoms with E-state index in [2.05, 4.69) is 22.1 Å². The van der Waals surface area contributed by atoms with Gasteiger partial charge < -0.3 is 4.90 Å². The molecule has 0 fully saturated rings. The number of carbonyl (C=O) groups excluding carboxylic acids is 1. The van der Waals surface area contributed by atoms with Crippen LogP contribution in [-0.2, 0) is 13.0 Å². The highest BCUT2D eigenvalue weighted by atomic mass is 16.2. The molecule has 1 aromatic carbocycles. The van der Waals surface area contributed by atoms with Gasteiger partial charge in [-0.3, -0.25) is 4.79 Å². The fourth-order valence-electron chi connectivity index (χ4n) is 2.05. The van der Waals surface area contributed by atoms with Crippen molar-refractivity contribution in [3.8, 4) is 0 Å². The molecule has 0 aliphatic carbocycles. The van der Waals surface area contributed by atoms with E-state index in [1.807, 2.05) is 38.2 Å². The first-order valence-corrected chi connectivity index (χ1v) is 6.46. The molecule has 4 nitrogen and oxygen atoms in total. The van der Waals surface area contributed by atoms with Gasteiger partial charge in [-0.2, -0.15) is 5.10 Å². The first-order chi connectivity index (χ1) is 9.11.